The third-order valence-electron chi connectivity index (χ3n) is 4.50. The number of nitrogens with two attached hydrogens (primary N) is 1. The van der Waals surface area contributed by atoms with Crippen LogP contribution in [0.5, 0.6) is 5.75 Å². The van der Waals surface area contributed by atoms with Crippen LogP contribution in [0.2, 0.25) is 0 Å². The highest BCUT2D eigenvalue weighted by Gasteiger charge is 2.25. The van der Waals surface area contributed by atoms with E-state index in [1.165, 1.54) is 12.1 Å². The zero-order valence-electron chi connectivity index (χ0n) is 15.2. The molecule has 0 saturated carbocycles. The lowest BCUT2D eigenvalue weighted by molar-refractivity contribution is 0.00757. The maximum atomic E-state index is 12.9. The molecule has 1 saturated heterocycles. The largest absolute Gasteiger partial charge is 0.486 e. The van der Waals surface area contributed by atoms with E-state index in [4.69, 9.17) is 19.6 Å². The number of hydrogen-bond acceptors (Lipinski definition) is 5. The number of ether oxygens (including phenoxy) is 2. The monoisotopic (exact) mass is 376 g/mol. The molecule has 1 aliphatic rings. The molecule has 1 aliphatic heterocycles. The molecule has 0 radical (unpaired) electrons. The number of benzene rings is 1. The number of piperidine rings is 1. The second-order valence-electron chi connectivity index (χ2n) is 6.51. The predicted octanol–water partition coefficient (Wildman–Crippen LogP) is 2.97. The van der Waals surface area contributed by atoms with Gasteiger partial charge in [0, 0.05) is 19.7 Å². The fourth-order valence-corrected chi connectivity index (χ4v) is 2.97. The summed E-state index contributed by atoms with van der Waals surface area (Å²) < 4.78 is 29.8. The molecule has 146 valence electrons. The van der Waals surface area contributed by atoms with Crippen molar-refractivity contribution in [2.24, 2.45) is 5.73 Å². The Morgan fingerprint density at radius 2 is 1.93 bits per heavy atom. The molecular formula is C20H25FN2O4. The van der Waals surface area contributed by atoms with Crippen molar-refractivity contribution in [1.82, 2.24) is 4.90 Å². The van der Waals surface area contributed by atoms with E-state index in [0.29, 0.717) is 43.5 Å². The molecular weight excluding hydrogens is 351 g/mol. The average Bonchev–Trinajstić information content (AvgIpc) is 3.17. The van der Waals surface area contributed by atoms with Crippen molar-refractivity contribution in [3.8, 4) is 5.75 Å². The molecule has 1 fully saturated rings. The van der Waals surface area contributed by atoms with E-state index in [0.717, 1.165) is 19.3 Å². The molecule has 0 unspecified atom stereocenters. The number of carbonyl (C=O) groups excluding carboxylic acids is 1. The number of likely N-dealkylation sites (tertiary alicyclic amines) is 1. The Labute approximate surface area is 158 Å². The van der Waals surface area contributed by atoms with Crippen molar-refractivity contribution in [2.75, 3.05) is 26.2 Å². The fraction of sp³-hybridized carbons (Fsp3) is 0.450. The quantitative estimate of drug-likeness (QED) is 0.717. The Morgan fingerprint density at radius 1 is 1.19 bits per heavy atom. The maximum Gasteiger partial charge on any atom is 0.289 e. The predicted molar refractivity (Wildman–Crippen MR) is 98.0 cm³/mol. The summed E-state index contributed by atoms with van der Waals surface area (Å²) in [5.41, 5.74) is 5.47. The minimum Gasteiger partial charge on any atom is -0.486 e. The van der Waals surface area contributed by atoms with Crippen molar-refractivity contribution < 1.29 is 23.1 Å². The first-order chi connectivity index (χ1) is 13.2. The molecule has 3 rings (SSSR count). The Morgan fingerprint density at radius 3 is 2.63 bits per heavy atom. The lowest BCUT2D eigenvalue weighted by Gasteiger charge is -2.31. The highest BCUT2D eigenvalue weighted by molar-refractivity contribution is 5.91. The van der Waals surface area contributed by atoms with Gasteiger partial charge in [-0.05, 0) is 62.2 Å². The minimum atomic E-state index is -0.318. The van der Waals surface area contributed by atoms with E-state index in [2.05, 4.69) is 0 Å². The van der Waals surface area contributed by atoms with Crippen LogP contribution >= 0.6 is 0 Å². The first-order valence-electron chi connectivity index (χ1n) is 9.23. The van der Waals surface area contributed by atoms with Gasteiger partial charge in [-0.2, -0.15) is 0 Å². The van der Waals surface area contributed by atoms with Crippen LogP contribution in [0, 0.1) is 5.82 Å². The lowest BCUT2D eigenvalue weighted by atomic mass is 10.1. The molecule has 2 N–H and O–H groups in total. The number of rotatable bonds is 8. The average molecular weight is 376 g/mol. The second kappa shape index (κ2) is 9.53. The highest BCUT2D eigenvalue weighted by atomic mass is 19.1. The van der Waals surface area contributed by atoms with Crippen molar-refractivity contribution in [2.45, 2.75) is 32.0 Å². The van der Waals surface area contributed by atoms with Crippen LogP contribution in [0.15, 0.2) is 40.8 Å². The molecule has 27 heavy (non-hydrogen) atoms. The van der Waals surface area contributed by atoms with Gasteiger partial charge in [-0.1, -0.05) is 0 Å². The van der Waals surface area contributed by atoms with Gasteiger partial charge < -0.3 is 24.5 Å². The molecule has 0 aliphatic carbocycles. The van der Waals surface area contributed by atoms with E-state index >= 15 is 0 Å². The first-order valence-corrected chi connectivity index (χ1v) is 9.23. The van der Waals surface area contributed by atoms with Gasteiger partial charge in [-0.15, -0.1) is 0 Å². The van der Waals surface area contributed by atoms with Gasteiger partial charge in [0.2, 0.25) is 0 Å². The third-order valence-corrected chi connectivity index (χ3v) is 4.50. The number of amides is 1. The van der Waals surface area contributed by atoms with Gasteiger partial charge in [-0.25, -0.2) is 4.39 Å². The Bertz CT molecular complexity index is 724. The fourth-order valence-electron chi connectivity index (χ4n) is 2.97. The SMILES string of the molecule is NCCCOC1CCN(C(=O)c2ccc(COc3ccc(F)cc3)o2)CC1. The molecule has 2 aromatic rings. The highest BCUT2D eigenvalue weighted by Crippen LogP contribution is 2.19. The van der Waals surface area contributed by atoms with Crippen LogP contribution in [-0.2, 0) is 11.3 Å². The number of hydrogen-bond donors (Lipinski definition) is 1. The maximum absolute atomic E-state index is 12.9. The van der Waals surface area contributed by atoms with Gasteiger partial charge >= 0.3 is 0 Å². The van der Waals surface area contributed by atoms with Crippen LogP contribution in [0.3, 0.4) is 0 Å². The number of halogens is 1. The summed E-state index contributed by atoms with van der Waals surface area (Å²) in [6, 6.07) is 9.13. The van der Waals surface area contributed by atoms with Crippen molar-refractivity contribution in [3.63, 3.8) is 0 Å². The Hall–Kier alpha value is -2.38. The van der Waals surface area contributed by atoms with E-state index in [9.17, 15) is 9.18 Å². The van der Waals surface area contributed by atoms with E-state index in [-0.39, 0.29) is 24.4 Å². The van der Waals surface area contributed by atoms with Crippen LogP contribution in [0.25, 0.3) is 0 Å². The van der Waals surface area contributed by atoms with Crippen LogP contribution in [0.4, 0.5) is 4.39 Å². The Balaban J connectivity index is 1.46. The van der Waals surface area contributed by atoms with Gasteiger partial charge in [0.15, 0.2) is 5.76 Å². The molecule has 0 atom stereocenters. The van der Waals surface area contributed by atoms with Gasteiger partial charge in [0.05, 0.1) is 6.10 Å². The van der Waals surface area contributed by atoms with Crippen LogP contribution < -0.4 is 10.5 Å². The molecule has 1 aromatic carbocycles. The lowest BCUT2D eigenvalue weighted by Crippen LogP contribution is -2.40. The smallest absolute Gasteiger partial charge is 0.289 e. The van der Waals surface area contributed by atoms with Crippen molar-refractivity contribution in [3.05, 3.63) is 53.7 Å². The molecule has 2 heterocycles. The standard InChI is InChI=1S/C20H25FN2O4/c21-15-2-4-16(5-3-15)26-14-18-6-7-19(27-18)20(24)23-11-8-17(9-12-23)25-13-1-10-22/h2-7,17H,1,8-14,22H2. The van der Waals surface area contributed by atoms with E-state index < -0.39 is 0 Å². The summed E-state index contributed by atoms with van der Waals surface area (Å²) in [6.45, 7) is 2.77. The molecule has 1 aromatic heterocycles. The summed E-state index contributed by atoms with van der Waals surface area (Å²) in [4.78, 5) is 14.4. The third kappa shape index (κ3) is 5.55. The summed E-state index contributed by atoms with van der Waals surface area (Å²) in [6.07, 6.45) is 2.68. The van der Waals surface area contributed by atoms with Crippen LogP contribution in [-0.4, -0.2) is 43.2 Å². The van der Waals surface area contributed by atoms with E-state index in [1.807, 2.05) is 0 Å². The van der Waals surface area contributed by atoms with E-state index in [1.54, 1.807) is 29.2 Å². The topological polar surface area (TPSA) is 77.9 Å². The molecule has 6 nitrogen and oxygen atoms in total. The molecule has 0 bridgehead atoms. The summed E-state index contributed by atoms with van der Waals surface area (Å²) in [7, 11) is 0. The summed E-state index contributed by atoms with van der Waals surface area (Å²) in [5, 5.41) is 0. The molecule has 1 amide bonds. The number of nitrogens with zero attached hydrogens (tertiary/aromatic N) is 1. The van der Waals surface area contributed by atoms with Crippen molar-refractivity contribution in [1.29, 1.82) is 0 Å². The van der Waals surface area contributed by atoms with Gasteiger partial charge in [0.1, 0.15) is 23.9 Å². The van der Waals surface area contributed by atoms with Gasteiger partial charge in [-0.3, -0.25) is 4.79 Å². The minimum absolute atomic E-state index is 0.122. The number of carbonyl (C=O) groups is 1. The zero-order chi connectivity index (χ0) is 19.1. The zero-order valence-corrected chi connectivity index (χ0v) is 15.2. The Kier molecular flexibility index (Phi) is 6.84. The second-order valence-corrected chi connectivity index (χ2v) is 6.51. The van der Waals surface area contributed by atoms with Gasteiger partial charge in [0.25, 0.3) is 5.91 Å². The molecule has 0 spiro atoms. The summed E-state index contributed by atoms with van der Waals surface area (Å²) >= 11 is 0. The van der Waals surface area contributed by atoms with Crippen molar-refractivity contribution >= 4 is 5.91 Å². The van der Waals surface area contributed by atoms with Crippen LogP contribution in [0.1, 0.15) is 35.6 Å². The number of furan rings is 1. The normalized spacial score (nSPS) is 15.1. The summed E-state index contributed by atoms with van der Waals surface area (Å²) in [5.74, 6) is 0.945. The first kappa shape index (κ1) is 19.4. The molecule has 7 heteroatoms.